The van der Waals surface area contributed by atoms with Crippen LogP contribution in [0.15, 0.2) is 0 Å². The number of ether oxygens (including phenoxy) is 1. The van der Waals surface area contributed by atoms with Crippen molar-refractivity contribution < 1.29 is 66.6 Å². The van der Waals surface area contributed by atoms with Crippen LogP contribution >= 0.6 is 0 Å². The van der Waals surface area contributed by atoms with Crippen molar-refractivity contribution in [2.24, 2.45) is 0 Å². The lowest BCUT2D eigenvalue weighted by molar-refractivity contribution is -0.471. The average molecular weight is 378 g/mol. The molecule has 1 atom stereocenters. The molecule has 0 bridgehead atoms. The highest BCUT2D eigenvalue weighted by atomic mass is 19.4. The second kappa shape index (κ2) is 5.29. The first-order valence-corrected chi connectivity index (χ1v) is 4.82. The fourth-order valence-electron chi connectivity index (χ4n) is 1.26. The molecule has 0 heterocycles. The Kier molecular flexibility index (Phi) is 4.96. The molecule has 0 saturated carbocycles. The highest BCUT2D eigenvalue weighted by molar-refractivity contribution is 5.66. The molecule has 0 aromatic heterocycles. The first kappa shape index (κ1) is 21.6. The third kappa shape index (κ3) is 3.00. The Hall–Kier alpha value is -1.44. The summed E-state index contributed by atoms with van der Waals surface area (Å²) in [7, 11) is 0. The summed E-state index contributed by atoms with van der Waals surface area (Å²) in [5.41, 5.74) is -7.88. The van der Waals surface area contributed by atoms with Crippen molar-refractivity contribution in [2.75, 3.05) is 0 Å². The van der Waals surface area contributed by atoms with Crippen LogP contribution in [0.25, 0.3) is 0 Å². The van der Waals surface area contributed by atoms with Crippen LogP contribution in [0.1, 0.15) is 6.92 Å². The molecular weight excluding hydrogens is 375 g/mol. The molecule has 0 fully saturated rings. The van der Waals surface area contributed by atoms with Gasteiger partial charge in [0.1, 0.15) is 0 Å². The van der Waals surface area contributed by atoms with Gasteiger partial charge in [-0.25, -0.2) is 4.39 Å². The van der Waals surface area contributed by atoms with Gasteiger partial charge in [0.25, 0.3) is 0 Å². The Morgan fingerprint density at radius 2 is 0.957 bits per heavy atom. The summed E-state index contributed by atoms with van der Waals surface area (Å²) < 4.78 is 164. The first-order valence-electron chi connectivity index (χ1n) is 4.82. The van der Waals surface area contributed by atoms with Gasteiger partial charge in [-0.05, 0) is 0 Å². The van der Waals surface area contributed by atoms with Crippen molar-refractivity contribution in [3.63, 3.8) is 0 Å². The number of hydrogen-bond acceptors (Lipinski definition) is 2. The third-order valence-corrected chi connectivity index (χ3v) is 2.27. The van der Waals surface area contributed by atoms with Crippen LogP contribution in [0.5, 0.6) is 0 Å². The Labute approximate surface area is 117 Å². The van der Waals surface area contributed by atoms with Crippen LogP contribution in [-0.2, 0) is 9.53 Å². The zero-order valence-corrected chi connectivity index (χ0v) is 10.2. The van der Waals surface area contributed by atoms with Gasteiger partial charge in [-0.3, -0.25) is 4.79 Å². The maximum atomic E-state index is 13.6. The van der Waals surface area contributed by atoms with Gasteiger partial charge >= 0.3 is 41.9 Å². The molecule has 0 aromatic carbocycles. The topological polar surface area (TPSA) is 26.3 Å². The highest BCUT2D eigenvalue weighted by Crippen LogP contribution is 2.61. The molecule has 0 radical (unpaired) electrons. The van der Waals surface area contributed by atoms with Crippen LogP contribution in [-0.4, -0.2) is 41.9 Å². The summed E-state index contributed by atoms with van der Waals surface area (Å²) in [5, 5.41) is 0. The first-order chi connectivity index (χ1) is 9.67. The lowest BCUT2D eigenvalue weighted by Crippen LogP contribution is -2.76. The van der Waals surface area contributed by atoms with Gasteiger partial charge < -0.3 is 4.74 Å². The number of carbonyl (C=O) groups excluding carboxylic acids is 1. The van der Waals surface area contributed by atoms with E-state index in [1.807, 2.05) is 0 Å². The molecule has 0 aliphatic heterocycles. The van der Waals surface area contributed by atoms with E-state index < -0.39 is 41.9 Å². The fourth-order valence-corrected chi connectivity index (χ4v) is 1.26. The predicted molar refractivity (Wildman–Crippen MR) is 42.6 cm³/mol. The van der Waals surface area contributed by atoms with E-state index in [9.17, 15) is 61.9 Å². The second-order valence-corrected chi connectivity index (χ2v) is 3.92. The third-order valence-electron chi connectivity index (χ3n) is 2.27. The van der Waals surface area contributed by atoms with Crippen molar-refractivity contribution in [2.45, 2.75) is 42.9 Å². The zero-order valence-electron chi connectivity index (χ0n) is 10.2. The van der Waals surface area contributed by atoms with Gasteiger partial charge in [-0.15, -0.1) is 0 Å². The summed E-state index contributed by atoms with van der Waals surface area (Å²) >= 11 is 0. The molecule has 0 saturated heterocycles. The molecule has 0 amide bonds. The number of carbonyl (C=O) groups is 1. The number of halogens is 13. The standard InChI is InChI=1S/C8H3F13O2/c1-2(22)23-5(12,4(10,11)8(19,20)21)3(9,6(13,14)15)7(16,17)18/h1H3. The van der Waals surface area contributed by atoms with E-state index in [-0.39, 0.29) is 6.92 Å². The van der Waals surface area contributed by atoms with E-state index in [2.05, 4.69) is 4.74 Å². The summed E-state index contributed by atoms with van der Waals surface area (Å²) in [6.45, 7) is -0.312. The number of rotatable bonds is 3. The van der Waals surface area contributed by atoms with E-state index in [1.54, 1.807) is 0 Å². The van der Waals surface area contributed by atoms with E-state index >= 15 is 0 Å². The van der Waals surface area contributed by atoms with Crippen LogP contribution in [0.2, 0.25) is 0 Å². The predicted octanol–water partition coefficient (Wildman–Crippen LogP) is 4.25. The summed E-state index contributed by atoms with van der Waals surface area (Å²) in [4.78, 5) is 10.3. The summed E-state index contributed by atoms with van der Waals surface area (Å²) in [6.07, 6.45) is -22.8. The molecule has 15 heteroatoms. The van der Waals surface area contributed by atoms with Crippen molar-refractivity contribution in [1.29, 1.82) is 0 Å². The minimum absolute atomic E-state index is 0.312. The minimum Gasteiger partial charge on any atom is -0.418 e. The van der Waals surface area contributed by atoms with E-state index in [0.717, 1.165) is 0 Å². The minimum atomic E-state index is -7.88. The Morgan fingerprint density at radius 3 is 1.13 bits per heavy atom. The normalized spacial score (nSPS) is 17.7. The molecule has 0 aromatic rings. The van der Waals surface area contributed by atoms with Crippen molar-refractivity contribution in [1.82, 2.24) is 0 Å². The average Bonchev–Trinajstić information content (AvgIpc) is 2.21. The summed E-state index contributed by atoms with van der Waals surface area (Å²) in [6, 6.07) is 0. The van der Waals surface area contributed by atoms with E-state index in [0.29, 0.717) is 0 Å². The lowest BCUT2D eigenvalue weighted by atomic mass is 9.88. The van der Waals surface area contributed by atoms with Crippen molar-refractivity contribution in [3.8, 4) is 0 Å². The van der Waals surface area contributed by atoms with Crippen LogP contribution < -0.4 is 0 Å². The molecule has 0 N–H and O–H groups in total. The van der Waals surface area contributed by atoms with Gasteiger partial charge in [0.2, 0.25) is 0 Å². The SMILES string of the molecule is CC(=O)OC(F)(C(F)(F)C(F)(F)F)C(F)(C(F)(F)F)C(F)(F)F. The van der Waals surface area contributed by atoms with Crippen molar-refractivity contribution >= 4 is 5.97 Å². The lowest BCUT2D eigenvalue weighted by Gasteiger charge is -2.43. The van der Waals surface area contributed by atoms with Crippen molar-refractivity contribution in [3.05, 3.63) is 0 Å². The fraction of sp³-hybridized carbons (Fsp3) is 0.875. The summed E-state index contributed by atoms with van der Waals surface area (Å²) in [5.74, 6) is -18.0. The van der Waals surface area contributed by atoms with Gasteiger partial charge in [0.05, 0.1) is 0 Å². The molecule has 0 spiro atoms. The van der Waals surface area contributed by atoms with Gasteiger partial charge in [-0.1, -0.05) is 0 Å². The number of alkyl halides is 13. The Balaban J connectivity index is 6.87. The Morgan fingerprint density at radius 1 is 0.652 bits per heavy atom. The molecule has 0 aliphatic carbocycles. The number of esters is 1. The van der Waals surface area contributed by atoms with Crippen LogP contribution in [0.4, 0.5) is 57.1 Å². The highest BCUT2D eigenvalue weighted by Gasteiger charge is 2.95. The molecule has 0 aliphatic rings. The quantitative estimate of drug-likeness (QED) is 0.543. The zero-order chi connectivity index (χ0) is 19.3. The van der Waals surface area contributed by atoms with Crippen LogP contribution in [0, 0.1) is 0 Å². The van der Waals surface area contributed by atoms with E-state index in [4.69, 9.17) is 0 Å². The molecular formula is C8H3F13O2. The molecule has 138 valence electrons. The maximum absolute atomic E-state index is 13.6. The van der Waals surface area contributed by atoms with Gasteiger partial charge in [-0.2, -0.15) is 52.7 Å². The van der Waals surface area contributed by atoms with E-state index in [1.165, 1.54) is 0 Å². The molecule has 1 unspecified atom stereocenters. The Bertz CT molecular complexity index is 444. The van der Waals surface area contributed by atoms with Gasteiger partial charge in [0.15, 0.2) is 0 Å². The largest absolute Gasteiger partial charge is 0.460 e. The maximum Gasteiger partial charge on any atom is 0.460 e. The molecule has 23 heavy (non-hydrogen) atoms. The number of hydrogen-bond donors (Lipinski definition) is 0. The van der Waals surface area contributed by atoms with Crippen LogP contribution in [0.3, 0.4) is 0 Å². The smallest absolute Gasteiger partial charge is 0.418 e. The molecule has 0 rings (SSSR count). The monoisotopic (exact) mass is 378 g/mol. The second-order valence-electron chi connectivity index (χ2n) is 3.92. The molecule has 2 nitrogen and oxygen atoms in total. The van der Waals surface area contributed by atoms with Gasteiger partial charge in [0, 0.05) is 6.92 Å².